The normalized spacial score (nSPS) is 10.0. The van der Waals surface area contributed by atoms with Crippen LogP contribution in [0.25, 0.3) is 0 Å². The summed E-state index contributed by atoms with van der Waals surface area (Å²) >= 11 is 0. The summed E-state index contributed by atoms with van der Waals surface area (Å²) in [6.45, 7) is 2.14. The Balaban J connectivity index is 2.13. The van der Waals surface area contributed by atoms with Crippen molar-refractivity contribution >= 4 is 17.3 Å². The number of nitrogens with zero attached hydrogens (tertiary/aromatic N) is 1. The van der Waals surface area contributed by atoms with Crippen LogP contribution in [0.5, 0.6) is 0 Å². The summed E-state index contributed by atoms with van der Waals surface area (Å²) in [5, 5.41) is 3.22. The van der Waals surface area contributed by atoms with Crippen molar-refractivity contribution in [3.63, 3.8) is 0 Å². The van der Waals surface area contributed by atoms with Crippen LogP contribution in [0.3, 0.4) is 0 Å². The summed E-state index contributed by atoms with van der Waals surface area (Å²) in [5.74, 6) is 6.72. The zero-order chi connectivity index (χ0) is 12.1. The van der Waals surface area contributed by atoms with Gasteiger partial charge in [-0.3, -0.25) is 0 Å². The number of nitrogens with two attached hydrogens (primary N) is 1. The fourth-order valence-electron chi connectivity index (χ4n) is 1.56. The second-order valence-electron chi connectivity index (χ2n) is 3.73. The van der Waals surface area contributed by atoms with Crippen molar-refractivity contribution in [3.8, 4) is 0 Å². The first kappa shape index (κ1) is 11.4. The molecule has 0 fully saturated rings. The predicted molar refractivity (Wildman–Crippen MR) is 71.1 cm³/mol. The number of benzene rings is 1. The summed E-state index contributed by atoms with van der Waals surface area (Å²) in [6, 6.07) is 13.9. The highest BCUT2D eigenvalue weighted by atomic mass is 15.3. The van der Waals surface area contributed by atoms with Crippen molar-refractivity contribution in [3.05, 3.63) is 48.0 Å². The van der Waals surface area contributed by atoms with E-state index in [1.807, 2.05) is 30.3 Å². The molecule has 0 spiro atoms. The number of aromatic nitrogens is 1. The zero-order valence-corrected chi connectivity index (χ0v) is 9.77. The van der Waals surface area contributed by atoms with Crippen molar-refractivity contribution in [1.29, 1.82) is 0 Å². The largest absolute Gasteiger partial charge is 0.340 e. The van der Waals surface area contributed by atoms with Gasteiger partial charge in [-0.2, -0.15) is 0 Å². The molecule has 2 aromatic rings. The van der Waals surface area contributed by atoms with Gasteiger partial charge in [0.1, 0.15) is 11.6 Å². The van der Waals surface area contributed by atoms with Gasteiger partial charge in [-0.15, -0.1) is 0 Å². The standard InChI is InChI=1S/C13H16N4/c1-2-10-6-8-11(9-7-10)15-12-4-3-5-13(16-12)17-14/h3-9H,2,14H2,1H3,(H2,15,16,17). The van der Waals surface area contributed by atoms with Crippen LogP contribution in [0.1, 0.15) is 12.5 Å². The van der Waals surface area contributed by atoms with Gasteiger partial charge >= 0.3 is 0 Å². The highest BCUT2D eigenvalue weighted by Gasteiger charge is 1.97. The van der Waals surface area contributed by atoms with E-state index in [0.717, 1.165) is 17.9 Å². The Labute approximate surface area is 101 Å². The van der Waals surface area contributed by atoms with E-state index in [-0.39, 0.29) is 0 Å². The van der Waals surface area contributed by atoms with Gasteiger partial charge in [0.2, 0.25) is 0 Å². The van der Waals surface area contributed by atoms with Crippen LogP contribution in [0.15, 0.2) is 42.5 Å². The molecular weight excluding hydrogens is 212 g/mol. The average molecular weight is 228 g/mol. The quantitative estimate of drug-likeness (QED) is 0.556. The first-order valence-corrected chi connectivity index (χ1v) is 5.61. The Morgan fingerprint density at radius 2 is 1.76 bits per heavy atom. The Kier molecular flexibility index (Phi) is 3.57. The molecule has 1 aromatic carbocycles. The maximum absolute atomic E-state index is 5.31. The van der Waals surface area contributed by atoms with Crippen LogP contribution in [0.4, 0.5) is 17.3 Å². The molecule has 1 heterocycles. The minimum atomic E-state index is 0.639. The van der Waals surface area contributed by atoms with Crippen LogP contribution in [0.2, 0.25) is 0 Å². The Morgan fingerprint density at radius 3 is 2.41 bits per heavy atom. The van der Waals surface area contributed by atoms with E-state index < -0.39 is 0 Å². The molecule has 0 bridgehead atoms. The van der Waals surface area contributed by atoms with Gasteiger partial charge in [0, 0.05) is 5.69 Å². The summed E-state index contributed by atoms with van der Waals surface area (Å²) in [6.07, 6.45) is 1.05. The topological polar surface area (TPSA) is 63.0 Å². The molecule has 0 atom stereocenters. The average Bonchev–Trinajstić information content (AvgIpc) is 2.40. The molecule has 0 amide bonds. The van der Waals surface area contributed by atoms with Crippen molar-refractivity contribution in [1.82, 2.24) is 4.98 Å². The van der Waals surface area contributed by atoms with Gasteiger partial charge < -0.3 is 10.7 Å². The number of rotatable bonds is 4. The highest BCUT2D eigenvalue weighted by molar-refractivity contribution is 5.58. The number of hydrazine groups is 1. The number of anilines is 3. The van der Waals surface area contributed by atoms with Crippen molar-refractivity contribution in [2.75, 3.05) is 10.7 Å². The fraction of sp³-hybridized carbons (Fsp3) is 0.154. The number of hydrogen-bond acceptors (Lipinski definition) is 4. The molecular formula is C13H16N4. The van der Waals surface area contributed by atoms with Gasteiger partial charge in [-0.1, -0.05) is 25.1 Å². The van der Waals surface area contributed by atoms with Crippen LogP contribution < -0.4 is 16.6 Å². The molecule has 0 saturated heterocycles. The lowest BCUT2D eigenvalue weighted by Gasteiger charge is -2.07. The molecule has 4 N–H and O–H groups in total. The zero-order valence-electron chi connectivity index (χ0n) is 9.77. The van der Waals surface area contributed by atoms with Crippen LogP contribution in [-0.4, -0.2) is 4.98 Å². The molecule has 0 aliphatic carbocycles. The monoisotopic (exact) mass is 228 g/mol. The fourth-order valence-corrected chi connectivity index (χ4v) is 1.56. The first-order chi connectivity index (χ1) is 8.31. The third kappa shape index (κ3) is 2.95. The van der Waals surface area contributed by atoms with E-state index in [4.69, 9.17) is 5.84 Å². The van der Waals surface area contributed by atoms with Crippen LogP contribution in [-0.2, 0) is 6.42 Å². The second-order valence-corrected chi connectivity index (χ2v) is 3.73. The molecule has 17 heavy (non-hydrogen) atoms. The third-order valence-electron chi connectivity index (χ3n) is 2.53. The summed E-state index contributed by atoms with van der Waals surface area (Å²) < 4.78 is 0. The summed E-state index contributed by atoms with van der Waals surface area (Å²) in [4.78, 5) is 4.28. The summed E-state index contributed by atoms with van der Waals surface area (Å²) in [5.41, 5.74) is 4.86. The molecule has 4 heteroatoms. The molecule has 0 unspecified atom stereocenters. The van der Waals surface area contributed by atoms with Crippen molar-refractivity contribution in [2.24, 2.45) is 5.84 Å². The Morgan fingerprint density at radius 1 is 1.06 bits per heavy atom. The Hall–Kier alpha value is -2.07. The third-order valence-corrected chi connectivity index (χ3v) is 2.53. The molecule has 0 aliphatic heterocycles. The predicted octanol–water partition coefficient (Wildman–Crippen LogP) is 2.67. The van der Waals surface area contributed by atoms with Gasteiger partial charge in [-0.25, -0.2) is 10.8 Å². The van der Waals surface area contributed by atoms with Crippen molar-refractivity contribution in [2.45, 2.75) is 13.3 Å². The molecule has 0 aliphatic rings. The highest BCUT2D eigenvalue weighted by Crippen LogP contribution is 2.16. The molecule has 88 valence electrons. The molecule has 0 saturated carbocycles. The minimum absolute atomic E-state index is 0.639. The van der Waals surface area contributed by atoms with Gasteiger partial charge in [0.25, 0.3) is 0 Å². The van der Waals surface area contributed by atoms with Gasteiger partial charge in [0.05, 0.1) is 0 Å². The van der Waals surface area contributed by atoms with E-state index in [9.17, 15) is 0 Å². The van der Waals surface area contributed by atoms with E-state index in [1.54, 1.807) is 0 Å². The first-order valence-electron chi connectivity index (χ1n) is 5.61. The maximum Gasteiger partial charge on any atom is 0.142 e. The van der Waals surface area contributed by atoms with Crippen LogP contribution >= 0.6 is 0 Å². The summed E-state index contributed by atoms with van der Waals surface area (Å²) in [7, 11) is 0. The number of nitrogens with one attached hydrogen (secondary N) is 2. The Bertz CT molecular complexity index is 479. The molecule has 2 rings (SSSR count). The number of nitrogen functional groups attached to an aromatic ring is 1. The lowest BCUT2D eigenvalue weighted by Crippen LogP contribution is -2.08. The molecule has 4 nitrogen and oxygen atoms in total. The number of hydrogen-bond donors (Lipinski definition) is 3. The van der Waals surface area contributed by atoms with Crippen LogP contribution in [0, 0.1) is 0 Å². The van der Waals surface area contributed by atoms with E-state index >= 15 is 0 Å². The smallest absolute Gasteiger partial charge is 0.142 e. The SMILES string of the molecule is CCc1ccc(Nc2cccc(NN)n2)cc1. The lowest BCUT2D eigenvalue weighted by molar-refractivity contribution is 1.14. The second kappa shape index (κ2) is 5.32. The van der Waals surface area contributed by atoms with E-state index in [2.05, 4.69) is 34.8 Å². The van der Waals surface area contributed by atoms with E-state index in [1.165, 1.54) is 5.56 Å². The lowest BCUT2D eigenvalue weighted by atomic mass is 10.1. The molecule has 0 radical (unpaired) electrons. The maximum atomic E-state index is 5.31. The van der Waals surface area contributed by atoms with Gasteiger partial charge in [-0.05, 0) is 36.2 Å². The minimum Gasteiger partial charge on any atom is -0.340 e. The van der Waals surface area contributed by atoms with Crippen molar-refractivity contribution < 1.29 is 0 Å². The number of aryl methyl sites for hydroxylation is 1. The van der Waals surface area contributed by atoms with E-state index in [0.29, 0.717) is 5.82 Å². The number of pyridine rings is 1. The van der Waals surface area contributed by atoms with Gasteiger partial charge in [0.15, 0.2) is 0 Å². The molecule has 1 aromatic heterocycles.